The Morgan fingerprint density at radius 1 is 1.42 bits per heavy atom. The summed E-state index contributed by atoms with van der Waals surface area (Å²) in [5, 5.41) is 3.32. The zero-order valence-electron chi connectivity index (χ0n) is 11.7. The highest BCUT2D eigenvalue weighted by Crippen LogP contribution is 2.27. The standard InChI is InChI=1S/C14H22N2O2S/c1-10(2)6-7-15-19(17,18)13-4-5-14-12(9-13)8-11(3)16-14/h4-5,9-11,15-16H,6-8H2,1-3H3/t11-/m1/s1. The van der Waals surface area contributed by atoms with E-state index in [2.05, 4.69) is 30.8 Å². The van der Waals surface area contributed by atoms with Crippen molar-refractivity contribution in [3.8, 4) is 0 Å². The Kier molecular flexibility index (Phi) is 4.16. The molecule has 1 aliphatic heterocycles. The van der Waals surface area contributed by atoms with Crippen molar-refractivity contribution in [3.05, 3.63) is 23.8 Å². The van der Waals surface area contributed by atoms with Crippen LogP contribution in [0.4, 0.5) is 5.69 Å². The Labute approximate surface area is 115 Å². The molecule has 0 aromatic heterocycles. The molecule has 1 aliphatic rings. The zero-order chi connectivity index (χ0) is 14.0. The maximum absolute atomic E-state index is 12.2. The van der Waals surface area contributed by atoms with Gasteiger partial charge in [0, 0.05) is 18.3 Å². The van der Waals surface area contributed by atoms with Gasteiger partial charge in [-0.15, -0.1) is 0 Å². The number of sulfonamides is 1. The maximum Gasteiger partial charge on any atom is 0.240 e. The first-order chi connectivity index (χ1) is 8.88. The van der Waals surface area contributed by atoms with Gasteiger partial charge in [0.2, 0.25) is 10.0 Å². The van der Waals surface area contributed by atoms with Gasteiger partial charge in [-0.25, -0.2) is 13.1 Å². The summed E-state index contributed by atoms with van der Waals surface area (Å²) in [6, 6.07) is 5.68. The molecule has 5 heteroatoms. The highest BCUT2D eigenvalue weighted by molar-refractivity contribution is 7.89. The van der Waals surface area contributed by atoms with Gasteiger partial charge in [-0.2, -0.15) is 0 Å². The summed E-state index contributed by atoms with van der Waals surface area (Å²) in [5.41, 5.74) is 2.13. The molecule has 106 valence electrons. The average Bonchev–Trinajstić information content (AvgIpc) is 2.67. The van der Waals surface area contributed by atoms with Crippen LogP contribution in [0.1, 0.15) is 32.8 Å². The van der Waals surface area contributed by atoms with Gasteiger partial charge in [-0.1, -0.05) is 13.8 Å². The smallest absolute Gasteiger partial charge is 0.240 e. The average molecular weight is 282 g/mol. The van der Waals surface area contributed by atoms with Crippen molar-refractivity contribution in [1.29, 1.82) is 0 Å². The molecule has 1 aromatic rings. The minimum Gasteiger partial charge on any atom is -0.382 e. The number of rotatable bonds is 5. The first kappa shape index (κ1) is 14.3. The minimum atomic E-state index is -3.37. The molecule has 0 bridgehead atoms. The first-order valence-corrected chi connectivity index (χ1v) is 8.26. The molecule has 0 saturated heterocycles. The fourth-order valence-electron chi connectivity index (χ4n) is 2.26. The SMILES string of the molecule is CC(C)CCNS(=O)(=O)c1ccc2c(c1)C[C@@H](C)N2. The van der Waals surface area contributed by atoms with E-state index in [1.165, 1.54) is 0 Å². The highest BCUT2D eigenvalue weighted by Gasteiger charge is 2.20. The predicted molar refractivity (Wildman–Crippen MR) is 77.9 cm³/mol. The van der Waals surface area contributed by atoms with Gasteiger partial charge in [0.05, 0.1) is 4.90 Å². The van der Waals surface area contributed by atoms with Gasteiger partial charge in [0.25, 0.3) is 0 Å². The molecule has 1 aromatic carbocycles. The summed E-state index contributed by atoms with van der Waals surface area (Å²) in [4.78, 5) is 0.367. The van der Waals surface area contributed by atoms with Crippen LogP contribution in [0.3, 0.4) is 0 Å². The molecular formula is C14H22N2O2S. The third-order valence-corrected chi connectivity index (χ3v) is 4.79. The molecule has 0 fully saturated rings. The Morgan fingerprint density at radius 3 is 2.84 bits per heavy atom. The Bertz CT molecular complexity index is 553. The van der Waals surface area contributed by atoms with Crippen molar-refractivity contribution in [2.45, 2.75) is 44.6 Å². The summed E-state index contributed by atoms with van der Waals surface area (Å²) in [6.07, 6.45) is 1.73. The van der Waals surface area contributed by atoms with Crippen molar-refractivity contribution in [2.24, 2.45) is 5.92 Å². The molecule has 2 rings (SSSR count). The van der Waals surface area contributed by atoms with Crippen molar-refractivity contribution >= 4 is 15.7 Å². The summed E-state index contributed by atoms with van der Waals surface area (Å²) < 4.78 is 27.0. The molecule has 0 aliphatic carbocycles. The van der Waals surface area contributed by atoms with Crippen molar-refractivity contribution in [3.63, 3.8) is 0 Å². The van der Waals surface area contributed by atoms with E-state index in [0.717, 1.165) is 24.1 Å². The van der Waals surface area contributed by atoms with E-state index in [-0.39, 0.29) is 0 Å². The molecule has 1 atom stereocenters. The molecule has 0 spiro atoms. The lowest BCUT2D eigenvalue weighted by molar-refractivity contribution is 0.551. The number of nitrogens with one attached hydrogen (secondary N) is 2. The predicted octanol–water partition coefficient (Wildman–Crippen LogP) is 2.37. The monoisotopic (exact) mass is 282 g/mol. The number of fused-ring (bicyclic) bond motifs is 1. The van der Waals surface area contributed by atoms with E-state index in [0.29, 0.717) is 23.4 Å². The fraction of sp³-hybridized carbons (Fsp3) is 0.571. The quantitative estimate of drug-likeness (QED) is 0.871. The number of benzene rings is 1. The molecule has 4 nitrogen and oxygen atoms in total. The summed E-state index contributed by atoms with van der Waals surface area (Å²) in [5.74, 6) is 0.493. The fourth-order valence-corrected chi connectivity index (χ4v) is 3.36. The molecule has 0 amide bonds. The van der Waals surface area contributed by atoms with Gasteiger partial charge in [0.15, 0.2) is 0 Å². The maximum atomic E-state index is 12.2. The molecule has 0 unspecified atom stereocenters. The van der Waals surface area contributed by atoms with Crippen molar-refractivity contribution in [2.75, 3.05) is 11.9 Å². The molecule has 19 heavy (non-hydrogen) atoms. The van der Waals surface area contributed by atoms with E-state index in [9.17, 15) is 8.42 Å². The normalized spacial score (nSPS) is 18.4. The van der Waals surface area contributed by atoms with E-state index < -0.39 is 10.0 Å². The first-order valence-electron chi connectivity index (χ1n) is 6.77. The van der Waals surface area contributed by atoms with Gasteiger partial charge in [-0.3, -0.25) is 0 Å². The third kappa shape index (κ3) is 3.48. The Hall–Kier alpha value is -1.07. The third-order valence-electron chi connectivity index (χ3n) is 3.33. The van der Waals surface area contributed by atoms with Gasteiger partial charge >= 0.3 is 0 Å². The van der Waals surface area contributed by atoms with Crippen molar-refractivity contribution < 1.29 is 8.42 Å². The lowest BCUT2D eigenvalue weighted by atomic mass is 10.1. The Morgan fingerprint density at radius 2 is 2.16 bits per heavy atom. The van der Waals surface area contributed by atoms with Gasteiger partial charge in [-0.05, 0) is 49.4 Å². The summed E-state index contributed by atoms with van der Waals surface area (Å²) >= 11 is 0. The van der Waals surface area contributed by atoms with Crippen LogP contribution in [0.15, 0.2) is 23.1 Å². The molecule has 2 N–H and O–H groups in total. The van der Waals surface area contributed by atoms with Gasteiger partial charge in [0.1, 0.15) is 0 Å². The van der Waals surface area contributed by atoms with Crippen LogP contribution < -0.4 is 10.0 Å². The van der Waals surface area contributed by atoms with Gasteiger partial charge < -0.3 is 5.32 Å². The lowest BCUT2D eigenvalue weighted by Gasteiger charge is -2.09. The highest BCUT2D eigenvalue weighted by atomic mass is 32.2. The minimum absolute atomic E-state index is 0.367. The number of hydrogen-bond acceptors (Lipinski definition) is 3. The molecular weight excluding hydrogens is 260 g/mol. The molecule has 0 saturated carbocycles. The van der Waals surface area contributed by atoms with Crippen LogP contribution in [0.5, 0.6) is 0 Å². The second-order valence-corrected chi connectivity index (χ2v) is 7.42. The Balaban J connectivity index is 2.11. The zero-order valence-corrected chi connectivity index (χ0v) is 12.5. The molecule has 0 radical (unpaired) electrons. The second-order valence-electron chi connectivity index (χ2n) is 5.65. The van der Waals surface area contributed by atoms with E-state index in [4.69, 9.17) is 0 Å². The number of hydrogen-bond donors (Lipinski definition) is 2. The van der Waals surface area contributed by atoms with Crippen LogP contribution in [0.25, 0.3) is 0 Å². The van der Waals surface area contributed by atoms with Crippen LogP contribution in [0, 0.1) is 5.92 Å². The van der Waals surface area contributed by atoms with E-state index >= 15 is 0 Å². The van der Waals surface area contributed by atoms with Crippen LogP contribution in [0.2, 0.25) is 0 Å². The van der Waals surface area contributed by atoms with Crippen LogP contribution in [-0.4, -0.2) is 21.0 Å². The van der Waals surface area contributed by atoms with Crippen LogP contribution in [-0.2, 0) is 16.4 Å². The topological polar surface area (TPSA) is 58.2 Å². The molecule has 1 heterocycles. The van der Waals surface area contributed by atoms with E-state index in [1.54, 1.807) is 12.1 Å². The summed E-state index contributed by atoms with van der Waals surface area (Å²) in [6.45, 7) is 6.74. The van der Waals surface area contributed by atoms with E-state index in [1.807, 2.05) is 6.07 Å². The lowest BCUT2D eigenvalue weighted by Crippen LogP contribution is -2.25. The largest absolute Gasteiger partial charge is 0.382 e. The number of anilines is 1. The second kappa shape index (κ2) is 5.51. The van der Waals surface area contributed by atoms with Crippen molar-refractivity contribution in [1.82, 2.24) is 4.72 Å². The summed E-state index contributed by atoms with van der Waals surface area (Å²) in [7, 11) is -3.37. The van der Waals surface area contributed by atoms with Crippen LogP contribution >= 0.6 is 0 Å².